The first kappa shape index (κ1) is 10.8. The number of nitrogen functional groups attached to an aromatic ring is 1. The lowest BCUT2D eigenvalue weighted by atomic mass is 10.1. The Morgan fingerprint density at radius 3 is 2.89 bits per heavy atom. The summed E-state index contributed by atoms with van der Waals surface area (Å²) in [5, 5.41) is 8.17. The third-order valence-electron chi connectivity index (χ3n) is 2.93. The molecule has 0 amide bonds. The number of fused-ring (bicyclic) bond motifs is 1. The molecule has 18 heavy (non-hydrogen) atoms. The van der Waals surface area contributed by atoms with Crippen LogP contribution in [0, 0.1) is 5.82 Å². The fourth-order valence-corrected chi connectivity index (χ4v) is 2.07. The van der Waals surface area contributed by atoms with Crippen molar-refractivity contribution >= 4 is 16.6 Å². The van der Waals surface area contributed by atoms with Gasteiger partial charge in [-0.2, -0.15) is 5.10 Å². The summed E-state index contributed by atoms with van der Waals surface area (Å²) in [6.07, 6.45) is 0.609. The molecule has 3 rings (SSSR count). The number of nitrogens with one attached hydrogen (secondary N) is 1. The van der Waals surface area contributed by atoms with E-state index in [0.29, 0.717) is 12.1 Å². The topological polar surface area (TPSA) is 54.7 Å². The molecule has 0 unspecified atom stereocenters. The van der Waals surface area contributed by atoms with Gasteiger partial charge in [-0.25, -0.2) is 4.39 Å². The van der Waals surface area contributed by atoms with Crippen molar-refractivity contribution in [1.82, 2.24) is 10.2 Å². The summed E-state index contributed by atoms with van der Waals surface area (Å²) in [4.78, 5) is 0. The van der Waals surface area contributed by atoms with Gasteiger partial charge in [0.2, 0.25) is 0 Å². The van der Waals surface area contributed by atoms with Crippen LogP contribution in [-0.2, 0) is 6.42 Å². The molecular weight excluding hydrogens is 229 g/mol. The maximum atomic E-state index is 13.1. The zero-order valence-corrected chi connectivity index (χ0v) is 9.65. The molecule has 0 fully saturated rings. The van der Waals surface area contributed by atoms with Crippen LogP contribution < -0.4 is 5.73 Å². The molecule has 90 valence electrons. The van der Waals surface area contributed by atoms with Crippen molar-refractivity contribution in [3.8, 4) is 0 Å². The quantitative estimate of drug-likeness (QED) is 0.678. The van der Waals surface area contributed by atoms with E-state index in [1.165, 1.54) is 12.1 Å². The van der Waals surface area contributed by atoms with Crippen LogP contribution in [0.1, 0.15) is 11.3 Å². The first-order valence-electron chi connectivity index (χ1n) is 5.69. The molecule has 0 aliphatic carbocycles. The summed E-state index contributed by atoms with van der Waals surface area (Å²) in [5.74, 6) is -0.226. The molecule has 0 radical (unpaired) electrons. The number of nitrogens with two attached hydrogens (primary N) is 1. The van der Waals surface area contributed by atoms with Crippen LogP contribution in [0.25, 0.3) is 10.9 Å². The summed E-state index contributed by atoms with van der Waals surface area (Å²) in [6, 6.07) is 12.1. The fraction of sp³-hybridized carbons (Fsp3) is 0.0714. The maximum absolute atomic E-state index is 13.1. The van der Waals surface area contributed by atoms with Crippen LogP contribution in [0.5, 0.6) is 0 Å². The highest BCUT2D eigenvalue weighted by molar-refractivity contribution is 5.84. The molecule has 3 nitrogen and oxygen atoms in total. The van der Waals surface area contributed by atoms with Crippen molar-refractivity contribution in [3.05, 3.63) is 59.5 Å². The lowest BCUT2D eigenvalue weighted by Crippen LogP contribution is -1.91. The summed E-state index contributed by atoms with van der Waals surface area (Å²) in [6.45, 7) is 0. The van der Waals surface area contributed by atoms with Gasteiger partial charge >= 0.3 is 0 Å². The number of aromatic amines is 1. The van der Waals surface area contributed by atoms with Gasteiger partial charge in [0.05, 0.1) is 5.52 Å². The predicted octanol–water partition coefficient (Wildman–Crippen LogP) is 2.88. The molecule has 1 aromatic heterocycles. The van der Waals surface area contributed by atoms with Crippen molar-refractivity contribution < 1.29 is 4.39 Å². The molecule has 0 aliphatic rings. The fourth-order valence-electron chi connectivity index (χ4n) is 2.07. The Hall–Kier alpha value is -2.36. The molecule has 3 aromatic rings. The molecular formula is C14H12FN3. The summed E-state index contributed by atoms with van der Waals surface area (Å²) in [7, 11) is 0. The number of aromatic nitrogens is 2. The van der Waals surface area contributed by atoms with E-state index in [4.69, 9.17) is 5.73 Å². The number of rotatable bonds is 2. The SMILES string of the molecule is Nc1ccc2n[nH]c(Cc3cccc(F)c3)c2c1. The van der Waals surface area contributed by atoms with E-state index in [1.807, 2.05) is 24.3 Å². The predicted molar refractivity (Wildman–Crippen MR) is 69.7 cm³/mol. The average Bonchev–Trinajstić information content (AvgIpc) is 2.72. The van der Waals surface area contributed by atoms with E-state index < -0.39 is 0 Å². The third kappa shape index (κ3) is 1.93. The van der Waals surface area contributed by atoms with Crippen LogP contribution in [0.2, 0.25) is 0 Å². The molecule has 1 heterocycles. The second-order valence-electron chi connectivity index (χ2n) is 4.29. The highest BCUT2D eigenvalue weighted by Gasteiger charge is 2.06. The first-order valence-corrected chi connectivity index (χ1v) is 5.69. The number of H-pyrrole nitrogens is 1. The minimum atomic E-state index is -0.226. The van der Waals surface area contributed by atoms with Crippen LogP contribution in [-0.4, -0.2) is 10.2 Å². The van der Waals surface area contributed by atoms with Crippen LogP contribution >= 0.6 is 0 Å². The molecule has 2 aromatic carbocycles. The smallest absolute Gasteiger partial charge is 0.123 e. The Balaban J connectivity index is 2.02. The number of halogens is 1. The van der Waals surface area contributed by atoms with Crippen molar-refractivity contribution in [3.63, 3.8) is 0 Å². The van der Waals surface area contributed by atoms with Gasteiger partial charge in [0, 0.05) is 23.2 Å². The van der Waals surface area contributed by atoms with E-state index in [2.05, 4.69) is 10.2 Å². The van der Waals surface area contributed by atoms with Gasteiger partial charge in [0.25, 0.3) is 0 Å². The zero-order chi connectivity index (χ0) is 12.5. The van der Waals surface area contributed by atoms with Crippen molar-refractivity contribution in [2.75, 3.05) is 5.73 Å². The summed E-state index contributed by atoms with van der Waals surface area (Å²) >= 11 is 0. The molecule has 0 bridgehead atoms. The van der Waals surface area contributed by atoms with Gasteiger partial charge in [-0.3, -0.25) is 5.10 Å². The summed E-state index contributed by atoms with van der Waals surface area (Å²) < 4.78 is 13.1. The Labute approximate surface area is 103 Å². The second-order valence-corrected chi connectivity index (χ2v) is 4.29. The number of benzene rings is 2. The zero-order valence-electron chi connectivity index (χ0n) is 9.65. The second kappa shape index (κ2) is 4.14. The van der Waals surface area contributed by atoms with E-state index in [9.17, 15) is 4.39 Å². The Morgan fingerprint density at radius 1 is 1.17 bits per heavy atom. The van der Waals surface area contributed by atoms with Gasteiger partial charge in [-0.05, 0) is 35.9 Å². The van der Waals surface area contributed by atoms with Crippen molar-refractivity contribution in [2.24, 2.45) is 0 Å². The van der Waals surface area contributed by atoms with Gasteiger partial charge in [-0.1, -0.05) is 12.1 Å². The number of hydrogen-bond donors (Lipinski definition) is 2. The Bertz CT molecular complexity index is 703. The highest BCUT2D eigenvalue weighted by atomic mass is 19.1. The minimum absolute atomic E-state index is 0.226. The number of anilines is 1. The third-order valence-corrected chi connectivity index (χ3v) is 2.93. The molecule has 0 atom stereocenters. The van der Waals surface area contributed by atoms with Gasteiger partial charge in [0.15, 0.2) is 0 Å². The Morgan fingerprint density at radius 2 is 2.06 bits per heavy atom. The first-order chi connectivity index (χ1) is 8.72. The molecule has 0 spiro atoms. The molecule has 3 N–H and O–H groups in total. The van der Waals surface area contributed by atoms with E-state index in [0.717, 1.165) is 22.2 Å². The van der Waals surface area contributed by atoms with Gasteiger partial charge in [-0.15, -0.1) is 0 Å². The van der Waals surface area contributed by atoms with Crippen LogP contribution in [0.4, 0.5) is 10.1 Å². The van der Waals surface area contributed by atoms with Crippen LogP contribution in [0.15, 0.2) is 42.5 Å². The standard InChI is InChI=1S/C14H12FN3/c15-10-3-1-2-9(6-10)7-14-12-8-11(16)4-5-13(12)17-18-14/h1-6,8H,7,16H2,(H,17,18). The number of hydrogen-bond acceptors (Lipinski definition) is 2. The molecule has 0 aliphatic heterocycles. The lowest BCUT2D eigenvalue weighted by molar-refractivity contribution is 0.626. The maximum Gasteiger partial charge on any atom is 0.123 e. The average molecular weight is 241 g/mol. The lowest BCUT2D eigenvalue weighted by Gasteiger charge is -2.00. The monoisotopic (exact) mass is 241 g/mol. The largest absolute Gasteiger partial charge is 0.399 e. The normalized spacial score (nSPS) is 10.9. The molecule has 0 saturated heterocycles. The molecule has 0 saturated carbocycles. The van der Waals surface area contributed by atoms with Gasteiger partial charge in [0.1, 0.15) is 5.82 Å². The van der Waals surface area contributed by atoms with Gasteiger partial charge < -0.3 is 5.73 Å². The summed E-state index contributed by atoms with van der Waals surface area (Å²) in [5.41, 5.74) is 9.19. The highest BCUT2D eigenvalue weighted by Crippen LogP contribution is 2.21. The number of nitrogens with zero attached hydrogens (tertiary/aromatic N) is 1. The van der Waals surface area contributed by atoms with E-state index >= 15 is 0 Å². The van der Waals surface area contributed by atoms with Crippen LogP contribution in [0.3, 0.4) is 0 Å². The van der Waals surface area contributed by atoms with Crippen molar-refractivity contribution in [2.45, 2.75) is 6.42 Å². The minimum Gasteiger partial charge on any atom is -0.399 e. The van der Waals surface area contributed by atoms with Crippen molar-refractivity contribution in [1.29, 1.82) is 0 Å². The Kier molecular flexibility index (Phi) is 2.48. The van der Waals surface area contributed by atoms with E-state index in [-0.39, 0.29) is 5.82 Å². The van der Waals surface area contributed by atoms with E-state index in [1.54, 1.807) is 6.07 Å². The molecule has 4 heteroatoms.